The standard InChI is InChI=1S/C18H24NO5/c1-14-6-5-11-19(14,18(21)24-23-13-16-9-10-16)17(20)22-12-15-7-3-2-4-8-15/h2-4,7-8,14,16H,5-6,9-13H2,1H3/q+1/t14-,19?/m1/s1. The van der Waals surface area contributed by atoms with Gasteiger partial charge in [-0.05, 0) is 31.2 Å². The first-order valence-electron chi connectivity index (χ1n) is 8.56. The summed E-state index contributed by atoms with van der Waals surface area (Å²) < 4.78 is 4.98. The number of quaternary nitrogens is 1. The molecule has 2 aliphatic rings. The van der Waals surface area contributed by atoms with Gasteiger partial charge < -0.3 is 4.74 Å². The first kappa shape index (κ1) is 16.9. The second kappa shape index (κ2) is 7.32. The van der Waals surface area contributed by atoms with Crippen LogP contribution in [-0.2, 0) is 21.1 Å². The number of carbonyl (C=O) groups is 2. The summed E-state index contributed by atoms with van der Waals surface area (Å²) in [6.45, 7) is 2.81. The molecule has 3 rings (SSSR count). The van der Waals surface area contributed by atoms with Crippen LogP contribution in [0.25, 0.3) is 0 Å². The number of benzene rings is 1. The Morgan fingerprint density at radius 2 is 1.88 bits per heavy atom. The number of ether oxygens (including phenoxy) is 1. The highest BCUT2D eigenvalue weighted by molar-refractivity contribution is 5.76. The molecule has 1 aliphatic carbocycles. The summed E-state index contributed by atoms with van der Waals surface area (Å²) >= 11 is 0. The van der Waals surface area contributed by atoms with Gasteiger partial charge in [0, 0.05) is 12.8 Å². The van der Waals surface area contributed by atoms with Gasteiger partial charge >= 0.3 is 12.2 Å². The van der Waals surface area contributed by atoms with E-state index in [-0.39, 0.29) is 12.6 Å². The Morgan fingerprint density at radius 3 is 2.50 bits per heavy atom. The molecule has 130 valence electrons. The molecule has 0 aromatic heterocycles. The zero-order chi connectivity index (χ0) is 17.0. The monoisotopic (exact) mass is 334 g/mol. The van der Waals surface area contributed by atoms with Gasteiger partial charge in [0.15, 0.2) is 0 Å². The molecule has 1 aromatic rings. The van der Waals surface area contributed by atoms with Gasteiger partial charge in [-0.25, -0.2) is 4.89 Å². The van der Waals surface area contributed by atoms with Gasteiger partial charge in [-0.2, -0.15) is 14.5 Å². The molecule has 1 heterocycles. The van der Waals surface area contributed by atoms with Crippen molar-refractivity contribution in [2.24, 2.45) is 5.92 Å². The molecule has 1 saturated carbocycles. The summed E-state index contributed by atoms with van der Waals surface area (Å²) in [6, 6.07) is 9.24. The Hall–Kier alpha value is -1.92. The van der Waals surface area contributed by atoms with E-state index >= 15 is 0 Å². The molecule has 0 N–H and O–H groups in total. The number of hydrogen-bond donors (Lipinski definition) is 0. The van der Waals surface area contributed by atoms with Crippen LogP contribution in [0.15, 0.2) is 30.3 Å². The van der Waals surface area contributed by atoms with E-state index in [0.717, 1.165) is 31.2 Å². The lowest BCUT2D eigenvalue weighted by atomic mass is 10.2. The molecule has 6 heteroatoms. The van der Waals surface area contributed by atoms with Crippen molar-refractivity contribution >= 4 is 12.2 Å². The molecule has 0 spiro atoms. The van der Waals surface area contributed by atoms with Crippen LogP contribution in [0.1, 0.15) is 38.2 Å². The summed E-state index contributed by atoms with van der Waals surface area (Å²) in [7, 11) is 0. The minimum Gasteiger partial charge on any atom is -0.415 e. The molecule has 1 saturated heterocycles. The summed E-state index contributed by atoms with van der Waals surface area (Å²) in [6.07, 6.45) is 2.53. The van der Waals surface area contributed by atoms with Gasteiger partial charge in [-0.3, -0.25) is 0 Å². The molecule has 0 bridgehead atoms. The molecule has 2 atom stereocenters. The zero-order valence-electron chi connectivity index (χ0n) is 14.0. The normalized spacial score (nSPS) is 26.1. The third-order valence-corrected chi connectivity index (χ3v) is 4.87. The molecule has 2 fully saturated rings. The molecular weight excluding hydrogens is 310 g/mol. The van der Waals surface area contributed by atoms with Crippen molar-refractivity contribution in [3.8, 4) is 0 Å². The highest BCUT2D eigenvalue weighted by Gasteiger charge is 2.56. The van der Waals surface area contributed by atoms with E-state index in [2.05, 4.69) is 0 Å². The SMILES string of the molecule is C[C@@H]1CCC[N+]1(C(=O)OCc1ccccc1)C(=O)OOCC1CC1. The number of amides is 2. The lowest BCUT2D eigenvalue weighted by Crippen LogP contribution is -2.59. The second-order valence-electron chi connectivity index (χ2n) is 6.70. The van der Waals surface area contributed by atoms with E-state index in [1.54, 1.807) is 0 Å². The van der Waals surface area contributed by atoms with Crippen LogP contribution in [0, 0.1) is 5.92 Å². The number of rotatable bonds is 5. The fourth-order valence-corrected chi connectivity index (χ4v) is 3.06. The van der Waals surface area contributed by atoms with Crippen molar-refractivity contribution in [2.45, 2.75) is 45.3 Å². The number of carbonyl (C=O) groups excluding carboxylic acids is 2. The average Bonchev–Trinajstić information content (AvgIpc) is 3.33. The Kier molecular flexibility index (Phi) is 5.16. The Balaban J connectivity index is 1.63. The van der Waals surface area contributed by atoms with Crippen LogP contribution >= 0.6 is 0 Å². The number of hydrogen-bond acceptors (Lipinski definition) is 5. The zero-order valence-corrected chi connectivity index (χ0v) is 14.0. The summed E-state index contributed by atoms with van der Waals surface area (Å²) in [4.78, 5) is 35.3. The Morgan fingerprint density at radius 1 is 1.12 bits per heavy atom. The summed E-state index contributed by atoms with van der Waals surface area (Å²) in [5.41, 5.74) is 0.884. The van der Waals surface area contributed by atoms with Crippen molar-refractivity contribution < 1.29 is 28.6 Å². The smallest absolute Gasteiger partial charge is 0.415 e. The quantitative estimate of drug-likeness (QED) is 0.466. The maximum absolute atomic E-state index is 12.7. The number of likely N-dealkylation sites (tertiary alicyclic amines) is 1. The van der Waals surface area contributed by atoms with Crippen LogP contribution in [0.2, 0.25) is 0 Å². The molecule has 1 aromatic carbocycles. The van der Waals surface area contributed by atoms with Crippen molar-refractivity contribution in [1.29, 1.82) is 0 Å². The summed E-state index contributed by atoms with van der Waals surface area (Å²) in [5.74, 6) is 0.479. The molecule has 0 radical (unpaired) electrons. The van der Waals surface area contributed by atoms with Crippen molar-refractivity contribution in [3.63, 3.8) is 0 Å². The summed E-state index contributed by atoms with van der Waals surface area (Å²) in [5, 5.41) is 0. The minimum atomic E-state index is -0.668. The highest BCUT2D eigenvalue weighted by Crippen LogP contribution is 2.32. The topological polar surface area (TPSA) is 61.8 Å². The fourth-order valence-electron chi connectivity index (χ4n) is 3.06. The van der Waals surface area contributed by atoms with Crippen LogP contribution in [0.3, 0.4) is 0 Å². The van der Waals surface area contributed by atoms with Crippen molar-refractivity contribution in [1.82, 2.24) is 0 Å². The molecule has 1 aliphatic heterocycles. The van der Waals surface area contributed by atoms with Gasteiger partial charge in [0.05, 0.1) is 6.61 Å². The minimum absolute atomic E-state index is 0.141. The van der Waals surface area contributed by atoms with Gasteiger partial charge in [-0.15, -0.1) is 4.48 Å². The third kappa shape index (κ3) is 3.60. The van der Waals surface area contributed by atoms with E-state index < -0.39 is 16.7 Å². The largest absolute Gasteiger partial charge is 0.558 e. The van der Waals surface area contributed by atoms with E-state index in [1.807, 2.05) is 37.3 Å². The predicted octanol–water partition coefficient (Wildman–Crippen LogP) is 3.80. The second-order valence-corrected chi connectivity index (χ2v) is 6.70. The van der Waals surface area contributed by atoms with Gasteiger partial charge in [0.1, 0.15) is 19.2 Å². The van der Waals surface area contributed by atoms with E-state index in [1.165, 1.54) is 0 Å². The fraction of sp³-hybridized carbons (Fsp3) is 0.556. The van der Waals surface area contributed by atoms with E-state index in [4.69, 9.17) is 14.5 Å². The van der Waals surface area contributed by atoms with Crippen LogP contribution in [0.4, 0.5) is 9.59 Å². The lowest BCUT2D eigenvalue weighted by molar-refractivity contribution is -0.801. The van der Waals surface area contributed by atoms with E-state index in [0.29, 0.717) is 19.1 Å². The first-order chi connectivity index (χ1) is 11.6. The van der Waals surface area contributed by atoms with Gasteiger partial charge in [0.25, 0.3) is 0 Å². The maximum atomic E-state index is 12.7. The van der Waals surface area contributed by atoms with Crippen LogP contribution in [-0.4, -0.2) is 35.9 Å². The molecule has 2 amide bonds. The predicted molar refractivity (Wildman–Crippen MR) is 85.6 cm³/mol. The van der Waals surface area contributed by atoms with Gasteiger partial charge in [0.2, 0.25) is 0 Å². The molecule has 1 unspecified atom stereocenters. The molecule has 24 heavy (non-hydrogen) atoms. The van der Waals surface area contributed by atoms with E-state index in [9.17, 15) is 9.59 Å². The van der Waals surface area contributed by atoms with Crippen LogP contribution < -0.4 is 0 Å². The maximum Gasteiger partial charge on any atom is 0.558 e. The van der Waals surface area contributed by atoms with Gasteiger partial charge in [-0.1, -0.05) is 30.3 Å². The number of nitrogens with zero attached hydrogens (tertiary/aromatic N) is 1. The van der Waals surface area contributed by atoms with Crippen LogP contribution in [0.5, 0.6) is 0 Å². The third-order valence-electron chi connectivity index (χ3n) is 4.87. The number of imide groups is 1. The molecular formula is C18H24NO5+. The highest BCUT2D eigenvalue weighted by atomic mass is 17.2. The average molecular weight is 334 g/mol. The Bertz CT molecular complexity index is 586. The molecule has 6 nitrogen and oxygen atoms in total. The first-order valence-corrected chi connectivity index (χ1v) is 8.56. The lowest BCUT2D eigenvalue weighted by Gasteiger charge is -2.29. The van der Waals surface area contributed by atoms with Crippen molar-refractivity contribution in [3.05, 3.63) is 35.9 Å². The van der Waals surface area contributed by atoms with Crippen molar-refractivity contribution in [2.75, 3.05) is 13.2 Å². The Labute approximate surface area is 141 Å².